The summed E-state index contributed by atoms with van der Waals surface area (Å²) in [5, 5.41) is 12.8. The van der Waals surface area contributed by atoms with E-state index in [2.05, 4.69) is 25.2 Å². The van der Waals surface area contributed by atoms with Gasteiger partial charge in [-0.2, -0.15) is 4.52 Å². The van der Waals surface area contributed by atoms with Crippen LogP contribution in [0.1, 0.15) is 28.3 Å². The van der Waals surface area contributed by atoms with Gasteiger partial charge in [0.25, 0.3) is 5.91 Å². The lowest BCUT2D eigenvalue weighted by molar-refractivity contribution is 0.00569. The monoisotopic (exact) mass is 349 g/mol. The summed E-state index contributed by atoms with van der Waals surface area (Å²) >= 11 is 0. The highest BCUT2D eigenvalue weighted by Gasteiger charge is 2.47. The lowest BCUT2D eigenvalue weighted by atomic mass is 9.86. The number of pyridine rings is 1. The van der Waals surface area contributed by atoms with Crippen LogP contribution in [0, 0.1) is 13.8 Å². The number of hydrogen-bond acceptors (Lipinski definition) is 6. The summed E-state index contributed by atoms with van der Waals surface area (Å²) < 4.78 is 1.76. The molecular formula is C18H19N7O. The average Bonchev–Trinajstić information content (AvgIpc) is 3.03. The molecule has 3 aliphatic rings. The molecule has 2 atom stereocenters. The van der Waals surface area contributed by atoms with Crippen molar-refractivity contribution < 1.29 is 4.79 Å². The van der Waals surface area contributed by atoms with E-state index in [1.807, 2.05) is 43.0 Å². The molecule has 2 unspecified atom stereocenters. The van der Waals surface area contributed by atoms with Gasteiger partial charge < -0.3 is 9.80 Å². The van der Waals surface area contributed by atoms with Crippen LogP contribution in [0.25, 0.3) is 5.65 Å². The molecule has 6 rings (SSSR count). The Labute approximate surface area is 150 Å². The summed E-state index contributed by atoms with van der Waals surface area (Å²) in [6, 6.07) is 8.11. The summed E-state index contributed by atoms with van der Waals surface area (Å²) in [6.07, 6.45) is 2.73. The molecule has 26 heavy (non-hydrogen) atoms. The zero-order valence-corrected chi connectivity index (χ0v) is 14.7. The lowest BCUT2D eigenvalue weighted by Crippen LogP contribution is -2.70. The third-order valence-electron chi connectivity index (χ3n) is 5.31. The number of carbonyl (C=O) groups excluding carboxylic acids is 1. The first-order valence-corrected chi connectivity index (χ1v) is 8.79. The van der Waals surface area contributed by atoms with E-state index in [9.17, 15) is 4.79 Å². The highest BCUT2D eigenvalue weighted by Crippen LogP contribution is 2.35. The average molecular weight is 349 g/mol. The molecule has 8 heteroatoms. The highest BCUT2D eigenvalue weighted by atomic mass is 16.2. The molecule has 3 fully saturated rings. The Morgan fingerprint density at radius 1 is 1.08 bits per heavy atom. The van der Waals surface area contributed by atoms with Gasteiger partial charge in [0.15, 0.2) is 11.5 Å². The van der Waals surface area contributed by atoms with Crippen molar-refractivity contribution in [1.29, 1.82) is 0 Å². The van der Waals surface area contributed by atoms with Crippen LogP contribution in [0.15, 0.2) is 30.5 Å². The Bertz CT molecular complexity index is 984. The second-order valence-corrected chi connectivity index (χ2v) is 7.06. The van der Waals surface area contributed by atoms with Gasteiger partial charge in [0.05, 0.1) is 17.6 Å². The first-order chi connectivity index (χ1) is 12.6. The fourth-order valence-electron chi connectivity index (χ4n) is 3.93. The van der Waals surface area contributed by atoms with Gasteiger partial charge in [0.1, 0.15) is 5.82 Å². The maximum absolute atomic E-state index is 12.8. The number of aromatic nitrogens is 5. The Kier molecular flexibility index (Phi) is 3.22. The summed E-state index contributed by atoms with van der Waals surface area (Å²) in [7, 11) is 0. The number of piperidine rings is 1. The van der Waals surface area contributed by atoms with Crippen LogP contribution < -0.4 is 4.90 Å². The SMILES string of the molecule is Cc1ccc(C(=O)N2C3CC2CN(c2ccc4nnc(C)n4n2)C3)cn1. The van der Waals surface area contributed by atoms with Gasteiger partial charge in [-0.1, -0.05) is 0 Å². The largest absolute Gasteiger partial charge is 0.351 e. The maximum atomic E-state index is 12.8. The molecule has 6 heterocycles. The predicted octanol–water partition coefficient (Wildman–Crippen LogP) is 1.24. The normalized spacial score (nSPS) is 21.8. The van der Waals surface area contributed by atoms with Crippen LogP contribution in [0.5, 0.6) is 0 Å². The van der Waals surface area contributed by atoms with Crippen LogP contribution in [0.2, 0.25) is 0 Å². The smallest absolute Gasteiger partial charge is 0.256 e. The van der Waals surface area contributed by atoms with Crippen LogP contribution in [0.3, 0.4) is 0 Å². The molecule has 0 radical (unpaired) electrons. The van der Waals surface area contributed by atoms with E-state index in [-0.39, 0.29) is 18.0 Å². The van der Waals surface area contributed by atoms with Gasteiger partial charge in [-0.3, -0.25) is 9.78 Å². The van der Waals surface area contributed by atoms with Crippen molar-refractivity contribution in [3.8, 4) is 0 Å². The van der Waals surface area contributed by atoms with Crippen LogP contribution >= 0.6 is 0 Å². The molecular weight excluding hydrogens is 330 g/mol. The Hall–Kier alpha value is -3.03. The minimum atomic E-state index is 0.0801. The predicted molar refractivity (Wildman–Crippen MR) is 95.1 cm³/mol. The number of carbonyl (C=O) groups is 1. The number of anilines is 1. The van der Waals surface area contributed by atoms with Gasteiger partial charge in [-0.25, -0.2) is 0 Å². The van der Waals surface area contributed by atoms with Crippen molar-refractivity contribution in [2.75, 3.05) is 18.0 Å². The molecule has 0 saturated carbocycles. The number of amides is 1. The topological polar surface area (TPSA) is 79.5 Å². The second-order valence-electron chi connectivity index (χ2n) is 7.06. The van der Waals surface area contributed by atoms with E-state index in [4.69, 9.17) is 0 Å². The number of aryl methyl sites for hydroxylation is 2. The molecule has 2 bridgehead atoms. The number of nitrogens with zero attached hydrogens (tertiary/aromatic N) is 7. The Balaban J connectivity index is 1.35. The van der Waals surface area contributed by atoms with Gasteiger partial charge >= 0.3 is 0 Å². The first-order valence-electron chi connectivity index (χ1n) is 8.79. The van der Waals surface area contributed by atoms with Crippen molar-refractivity contribution in [3.05, 3.63) is 47.5 Å². The van der Waals surface area contributed by atoms with Crippen molar-refractivity contribution in [2.45, 2.75) is 32.4 Å². The van der Waals surface area contributed by atoms with Gasteiger partial charge in [0, 0.05) is 25.0 Å². The van der Waals surface area contributed by atoms with Gasteiger partial charge in [-0.05, 0) is 44.5 Å². The molecule has 0 aliphatic carbocycles. The van der Waals surface area contributed by atoms with Crippen LogP contribution in [-0.4, -0.2) is 60.8 Å². The minimum Gasteiger partial charge on any atom is -0.351 e. The van der Waals surface area contributed by atoms with Gasteiger partial charge in [-0.15, -0.1) is 15.3 Å². The molecule has 3 aromatic heterocycles. The summed E-state index contributed by atoms with van der Waals surface area (Å²) in [4.78, 5) is 21.3. The minimum absolute atomic E-state index is 0.0801. The zero-order valence-electron chi connectivity index (χ0n) is 14.7. The van der Waals surface area contributed by atoms with Crippen molar-refractivity contribution in [2.24, 2.45) is 0 Å². The maximum Gasteiger partial charge on any atom is 0.256 e. The molecule has 3 aromatic rings. The molecule has 132 valence electrons. The summed E-state index contributed by atoms with van der Waals surface area (Å²) in [6.45, 7) is 5.40. The quantitative estimate of drug-likeness (QED) is 0.693. The van der Waals surface area contributed by atoms with Crippen molar-refractivity contribution in [3.63, 3.8) is 0 Å². The molecule has 0 aromatic carbocycles. The van der Waals surface area contributed by atoms with E-state index >= 15 is 0 Å². The van der Waals surface area contributed by atoms with Crippen LogP contribution in [-0.2, 0) is 0 Å². The van der Waals surface area contributed by atoms with E-state index in [1.54, 1.807) is 10.7 Å². The third-order valence-corrected chi connectivity index (χ3v) is 5.31. The Morgan fingerprint density at radius 2 is 1.88 bits per heavy atom. The fourth-order valence-corrected chi connectivity index (χ4v) is 3.93. The lowest BCUT2D eigenvalue weighted by Gasteiger charge is -2.56. The zero-order chi connectivity index (χ0) is 17.8. The van der Waals surface area contributed by atoms with E-state index in [0.29, 0.717) is 5.56 Å². The summed E-state index contributed by atoms with van der Waals surface area (Å²) in [5.41, 5.74) is 2.33. The van der Waals surface area contributed by atoms with Crippen molar-refractivity contribution in [1.82, 2.24) is 29.7 Å². The van der Waals surface area contributed by atoms with E-state index in [0.717, 1.165) is 42.5 Å². The number of rotatable bonds is 2. The number of piperazine rings is 1. The fraction of sp³-hybridized carbons (Fsp3) is 0.389. The highest BCUT2D eigenvalue weighted by molar-refractivity contribution is 5.95. The molecule has 1 amide bonds. The number of fused-ring (bicyclic) bond motifs is 3. The van der Waals surface area contributed by atoms with E-state index in [1.165, 1.54) is 0 Å². The van der Waals surface area contributed by atoms with E-state index < -0.39 is 0 Å². The molecule has 3 saturated heterocycles. The molecule has 0 spiro atoms. The molecule has 8 nitrogen and oxygen atoms in total. The third kappa shape index (κ3) is 2.25. The summed E-state index contributed by atoms with van der Waals surface area (Å²) in [5.74, 6) is 1.75. The number of hydrogen-bond donors (Lipinski definition) is 0. The second kappa shape index (κ2) is 5.48. The van der Waals surface area contributed by atoms with Crippen LogP contribution in [0.4, 0.5) is 5.82 Å². The molecule has 3 aliphatic heterocycles. The standard InChI is InChI=1S/C18H19N7O/c1-11-3-4-13(8-19-11)18(26)24-14-7-15(24)10-23(9-14)17-6-5-16-21-20-12(2)25(16)22-17/h3-6,8,14-15H,7,9-10H2,1-2H3. The Morgan fingerprint density at radius 3 is 2.62 bits per heavy atom. The molecule has 0 N–H and O–H groups in total. The van der Waals surface area contributed by atoms with Gasteiger partial charge in [0.2, 0.25) is 0 Å². The first kappa shape index (κ1) is 15.2. The van der Waals surface area contributed by atoms with Crippen molar-refractivity contribution >= 4 is 17.4 Å².